The number of anilines is 1. The van der Waals surface area contributed by atoms with Crippen LogP contribution in [0, 0.1) is 0 Å². The number of halogens is 1. The number of rotatable bonds is 3. The van der Waals surface area contributed by atoms with E-state index >= 15 is 0 Å². The Kier molecular flexibility index (Phi) is 3.23. The van der Waals surface area contributed by atoms with Gasteiger partial charge in [-0.3, -0.25) is 4.39 Å². The Morgan fingerprint density at radius 2 is 2.09 bits per heavy atom. The molecule has 0 atom stereocenters. The third-order valence-corrected chi connectivity index (χ3v) is 2.29. The van der Waals surface area contributed by atoms with E-state index in [2.05, 4.69) is 0 Å². The molecule has 0 saturated heterocycles. The number of nitrogens with two attached hydrogens (primary N) is 1. The van der Waals surface area contributed by atoms with Crippen molar-refractivity contribution < 1.29 is 4.39 Å². The minimum absolute atomic E-state index is 0.307. The van der Waals surface area contributed by atoms with Gasteiger partial charge >= 0.3 is 0 Å². The molecule has 0 aliphatic rings. The molecular weight excluding hydrogens is 161 g/mol. The third-order valence-electron chi connectivity index (χ3n) is 1.25. The van der Waals surface area contributed by atoms with Gasteiger partial charge in [-0.05, 0) is 12.1 Å². The molecule has 3 heteroatoms. The van der Waals surface area contributed by atoms with Gasteiger partial charge in [-0.25, -0.2) is 0 Å². The first-order valence-corrected chi connectivity index (χ1v) is 4.36. The Bertz CT molecular complexity index is 227. The van der Waals surface area contributed by atoms with Gasteiger partial charge in [-0.2, -0.15) is 0 Å². The van der Waals surface area contributed by atoms with Gasteiger partial charge in [-0.1, -0.05) is 12.1 Å². The van der Waals surface area contributed by atoms with E-state index in [4.69, 9.17) is 5.73 Å². The highest BCUT2D eigenvalue weighted by atomic mass is 32.2. The van der Waals surface area contributed by atoms with Crippen LogP contribution in [-0.4, -0.2) is 12.4 Å². The zero-order valence-electron chi connectivity index (χ0n) is 6.09. The molecule has 0 fully saturated rings. The maximum atomic E-state index is 11.7. The molecule has 1 rings (SSSR count). The van der Waals surface area contributed by atoms with E-state index in [1.165, 1.54) is 11.8 Å². The molecule has 0 aliphatic heterocycles. The summed E-state index contributed by atoms with van der Waals surface area (Å²) in [7, 11) is 0. The van der Waals surface area contributed by atoms with Crippen molar-refractivity contribution in [2.45, 2.75) is 4.90 Å². The van der Waals surface area contributed by atoms with E-state index in [0.29, 0.717) is 5.75 Å². The molecule has 0 heterocycles. The zero-order chi connectivity index (χ0) is 8.10. The quantitative estimate of drug-likeness (QED) is 0.558. The normalized spacial score (nSPS) is 9.91. The minimum atomic E-state index is -0.307. The van der Waals surface area contributed by atoms with Gasteiger partial charge in [-0.15, -0.1) is 11.8 Å². The highest BCUT2D eigenvalue weighted by Crippen LogP contribution is 2.23. The lowest BCUT2D eigenvalue weighted by molar-refractivity contribution is 0.533. The van der Waals surface area contributed by atoms with Crippen LogP contribution >= 0.6 is 11.8 Å². The monoisotopic (exact) mass is 171 g/mol. The molecule has 0 aliphatic carbocycles. The number of benzene rings is 1. The average Bonchev–Trinajstić information content (AvgIpc) is 2.03. The van der Waals surface area contributed by atoms with Crippen LogP contribution < -0.4 is 5.73 Å². The second-order valence-corrected chi connectivity index (χ2v) is 3.21. The van der Waals surface area contributed by atoms with Crippen molar-refractivity contribution in [1.29, 1.82) is 0 Å². The summed E-state index contributed by atoms with van der Waals surface area (Å²) in [5.41, 5.74) is 6.35. The molecule has 1 aromatic rings. The highest BCUT2D eigenvalue weighted by Gasteiger charge is 1.96. The average molecular weight is 171 g/mol. The summed E-state index contributed by atoms with van der Waals surface area (Å²) in [6.07, 6.45) is 0. The summed E-state index contributed by atoms with van der Waals surface area (Å²) in [6, 6.07) is 7.49. The molecule has 0 spiro atoms. The lowest BCUT2D eigenvalue weighted by atomic mass is 10.3. The van der Waals surface area contributed by atoms with Gasteiger partial charge in [0.05, 0.1) is 6.67 Å². The molecule has 0 aromatic heterocycles. The van der Waals surface area contributed by atoms with Crippen LogP contribution in [0.1, 0.15) is 0 Å². The van der Waals surface area contributed by atoms with Crippen molar-refractivity contribution >= 4 is 17.4 Å². The first-order chi connectivity index (χ1) is 5.34. The Morgan fingerprint density at radius 3 is 2.73 bits per heavy atom. The predicted octanol–water partition coefficient (Wildman–Crippen LogP) is 2.33. The Hall–Kier alpha value is -0.700. The van der Waals surface area contributed by atoms with E-state index in [9.17, 15) is 4.39 Å². The molecule has 1 aromatic carbocycles. The zero-order valence-corrected chi connectivity index (χ0v) is 6.90. The maximum Gasteiger partial charge on any atom is 0.0988 e. The molecule has 0 radical (unpaired) electrons. The maximum absolute atomic E-state index is 11.7. The van der Waals surface area contributed by atoms with Gasteiger partial charge in [0.2, 0.25) is 0 Å². The summed E-state index contributed by atoms with van der Waals surface area (Å²) in [4.78, 5) is 0.963. The Labute approximate surface area is 69.8 Å². The van der Waals surface area contributed by atoms with Crippen molar-refractivity contribution in [1.82, 2.24) is 0 Å². The number of hydrogen-bond acceptors (Lipinski definition) is 2. The fourth-order valence-corrected chi connectivity index (χ4v) is 1.47. The summed E-state index contributed by atoms with van der Waals surface area (Å²) in [6.45, 7) is -0.307. The van der Waals surface area contributed by atoms with Crippen LogP contribution in [0.3, 0.4) is 0 Å². The lowest BCUT2D eigenvalue weighted by Crippen LogP contribution is -1.88. The summed E-state index contributed by atoms with van der Waals surface area (Å²) in [5.74, 6) is 0.480. The van der Waals surface area contributed by atoms with Crippen LogP contribution in [0.15, 0.2) is 29.2 Å². The van der Waals surface area contributed by atoms with Crippen LogP contribution in [0.25, 0.3) is 0 Å². The third kappa shape index (κ3) is 2.42. The van der Waals surface area contributed by atoms with Crippen molar-refractivity contribution in [2.75, 3.05) is 18.2 Å². The van der Waals surface area contributed by atoms with E-state index in [1.54, 1.807) is 0 Å². The number of thioether (sulfide) groups is 1. The molecule has 0 bridgehead atoms. The van der Waals surface area contributed by atoms with Crippen molar-refractivity contribution in [3.05, 3.63) is 24.3 Å². The van der Waals surface area contributed by atoms with Gasteiger partial charge in [0.1, 0.15) is 0 Å². The second kappa shape index (κ2) is 4.23. The summed E-state index contributed by atoms with van der Waals surface area (Å²) >= 11 is 1.45. The Balaban J connectivity index is 2.62. The Morgan fingerprint density at radius 1 is 1.36 bits per heavy atom. The van der Waals surface area contributed by atoms with E-state index in [0.717, 1.165) is 10.6 Å². The minimum Gasteiger partial charge on any atom is -0.398 e. The van der Waals surface area contributed by atoms with E-state index in [1.807, 2.05) is 24.3 Å². The summed E-state index contributed by atoms with van der Waals surface area (Å²) in [5, 5.41) is 0. The molecule has 0 unspecified atom stereocenters. The van der Waals surface area contributed by atoms with Gasteiger partial charge in [0, 0.05) is 16.3 Å². The number of nitrogen functional groups attached to an aromatic ring is 1. The van der Waals surface area contributed by atoms with Crippen LogP contribution in [0.4, 0.5) is 10.1 Å². The molecular formula is C8H10FNS. The van der Waals surface area contributed by atoms with Crippen LogP contribution in [0.5, 0.6) is 0 Å². The van der Waals surface area contributed by atoms with Crippen molar-refractivity contribution in [3.63, 3.8) is 0 Å². The van der Waals surface area contributed by atoms with Crippen LogP contribution in [0.2, 0.25) is 0 Å². The molecule has 11 heavy (non-hydrogen) atoms. The summed E-state index contributed by atoms with van der Waals surface area (Å²) < 4.78 is 11.7. The second-order valence-electron chi connectivity index (χ2n) is 2.08. The number of hydrogen-bond donors (Lipinski definition) is 1. The fraction of sp³-hybridized carbons (Fsp3) is 0.250. The SMILES string of the molecule is Nc1ccccc1SCCF. The molecule has 2 N–H and O–H groups in total. The van der Waals surface area contributed by atoms with Crippen molar-refractivity contribution in [3.8, 4) is 0 Å². The van der Waals surface area contributed by atoms with Gasteiger partial charge in [0.25, 0.3) is 0 Å². The van der Waals surface area contributed by atoms with E-state index in [-0.39, 0.29) is 6.67 Å². The first-order valence-electron chi connectivity index (χ1n) is 3.38. The molecule has 0 amide bonds. The molecule has 0 saturated carbocycles. The van der Waals surface area contributed by atoms with E-state index < -0.39 is 0 Å². The lowest BCUT2D eigenvalue weighted by Gasteiger charge is -2.01. The van der Waals surface area contributed by atoms with Gasteiger partial charge < -0.3 is 5.73 Å². The van der Waals surface area contributed by atoms with Crippen molar-refractivity contribution in [2.24, 2.45) is 0 Å². The number of para-hydroxylation sites is 1. The van der Waals surface area contributed by atoms with Crippen LogP contribution in [-0.2, 0) is 0 Å². The largest absolute Gasteiger partial charge is 0.398 e. The molecule has 60 valence electrons. The smallest absolute Gasteiger partial charge is 0.0988 e. The highest BCUT2D eigenvalue weighted by molar-refractivity contribution is 7.99. The van der Waals surface area contributed by atoms with Gasteiger partial charge in [0.15, 0.2) is 0 Å². The number of alkyl halides is 1. The topological polar surface area (TPSA) is 26.0 Å². The standard InChI is InChI=1S/C8H10FNS/c9-5-6-11-8-4-2-1-3-7(8)10/h1-4H,5-6,10H2. The first kappa shape index (κ1) is 8.40. The fourth-order valence-electron chi connectivity index (χ4n) is 0.761. The molecule has 1 nitrogen and oxygen atoms in total. The predicted molar refractivity (Wildman–Crippen MR) is 47.6 cm³/mol.